The van der Waals surface area contributed by atoms with Crippen LogP contribution < -0.4 is 5.32 Å². The van der Waals surface area contributed by atoms with E-state index in [-0.39, 0.29) is 17.4 Å². The lowest BCUT2D eigenvalue weighted by atomic mass is 10.2. The predicted molar refractivity (Wildman–Crippen MR) is 56.5 cm³/mol. The van der Waals surface area contributed by atoms with Gasteiger partial charge in [0.15, 0.2) is 0 Å². The maximum Gasteiger partial charge on any atom is 0.348 e. The van der Waals surface area contributed by atoms with E-state index in [1.54, 1.807) is 12.3 Å². The summed E-state index contributed by atoms with van der Waals surface area (Å²) in [7, 11) is 1.40. The lowest BCUT2D eigenvalue weighted by molar-refractivity contribution is -0.119. The van der Waals surface area contributed by atoms with E-state index in [0.29, 0.717) is 5.69 Å². The summed E-state index contributed by atoms with van der Waals surface area (Å²) in [5.41, 5.74) is 1.09. The summed E-state index contributed by atoms with van der Waals surface area (Å²) < 4.78 is 4.64. The lowest BCUT2D eigenvalue weighted by Gasteiger charge is -2.04. The Labute approximate surface area is 90.7 Å². The number of thiophene rings is 1. The molecule has 5 nitrogen and oxygen atoms in total. The Morgan fingerprint density at radius 3 is 2.80 bits per heavy atom. The first kappa shape index (κ1) is 11.7. The minimum absolute atomic E-state index is 0.0889. The molecule has 0 aliphatic carbocycles. The van der Waals surface area contributed by atoms with Crippen molar-refractivity contribution < 1.29 is 19.4 Å². The minimum atomic E-state index is -1.04. The van der Waals surface area contributed by atoms with E-state index in [4.69, 9.17) is 5.11 Å². The minimum Gasteiger partial charge on any atom is -0.477 e. The molecule has 0 unspecified atom stereocenters. The predicted octanol–water partition coefficient (Wildman–Crippen LogP) is 1.34. The van der Waals surface area contributed by atoms with E-state index in [1.807, 2.05) is 0 Å². The molecule has 0 aliphatic rings. The largest absolute Gasteiger partial charge is 0.477 e. The van der Waals surface area contributed by atoms with Crippen LogP contribution in [0, 0.1) is 6.92 Å². The van der Waals surface area contributed by atoms with Gasteiger partial charge in [-0.1, -0.05) is 0 Å². The molecular formula is C9H11NO4S. The van der Waals surface area contributed by atoms with E-state index in [2.05, 4.69) is 10.1 Å². The molecule has 0 bridgehead atoms. The van der Waals surface area contributed by atoms with Gasteiger partial charge in [0.25, 0.3) is 0 Å². The van der Waals surface area contributed by atoms with Gasteiger partial charge in [-0.15, -0.1) is 11.3 Å². The third-order valence-electron chi connectivity index (χ3n) is 1.71. The summed E-state index contributed by atoms with van der Waals surface area (Å²) >= 11 is 1.09. The van der Waals surface area contributed by atoms with Crippen LogP contribution in [0.3, 0.4) is 0 Å². The molecule has 82 valence electrons. The molecule has 1 rings (SSSR count). The van der Waals surface area contributed by atoms with Crippen LogP contribution >= 0.6 is 11.3 Å². The molecule has 0 aromatic carbocycles. The Hall–Kier alpha value is -1.40. The Balaban J connectivity index is 2.88. The van der Waals surface area contributed by atoms with Gasteiger partial charge in [-0.05, 0) is 17.9 Å². The van der Waals surface area contributed by atoms with Gasteiger partial charge in [-0.3, -0.25) is 4.79 Å². The monoisotopic (exact) mass is 229 g/mol. The first-order chi connectivity index (χ1) is 7.06. The second kappa shape index (κ2) is 4.90. The average Bonchev–Trinajstić information content (AvgIpc) is 2.48. The number of methoxy groups -OCH3 is 1. The number of rotatable bonds is 4. The highest BCUT2D eigenvalue weighted by Gasteiger charge is 2.16. The fourth-order valence-electron chi connectivity index (χ4n) is 1.06. The zero-order valence-electron chi connectivity index (χ0n) is 8.36. The van der Waals surface area contributed by atoms with Gasteiger partial charge < -0.3 is 15.2 Å². The first-order valence-electron chi connectivity index (χ1n) is 4.16. The molecule has 1 aromatic rings. The van der Waals surface area contributed by atoms with Gasteiger partial charge in [-0.2, -0.15) is 0 Å². The second-order valence-corrected chi connectivity index (χ2v) is 3.79. The van der Waals surface area contributed by atoms with Crippen molar-refractivity contribution in [3.63, 3.8) is 0 Å². The zero-order chi connectivity index (χ0) is 11.4. The lowest BCUT2D eigenvalue weighted by Crippen LogP contribution is -2.18. The molecule has 1 heterocycles. The van der Waals surface area contributed by atoms with Gasteiger partial charge in [-0.25, -0.2) is 4.79 Å². The van der Waals surface area contributed by atoms with Crippen LogP contribution in [0.1, 0.15) is 15.2 Å². The summed E-state index contributed by atoms with van der Waals surface area (Å²) in [5.74, 6) is -1.40. The standard InChI is InChI=1S/C9H11NO4S/c1-5-4-15-8(9(12)13)7(5)10-6(11)3-14-2/h4H,3H2,1-2H3,(H,10,11)(H,12,13). The van der Waals surface area contributed by atoms with E-state index in [1.165, 1.54) is 7.11 Å². The number of hydrogen-bond acceptors (Lipinski definition) is 4. The summed E-state index contributed by atoms with van der Waals surface area (Å²) in [6, 6.07) is 0. The quantitative estimate of drug-likeness (QED) is 0.816. The van der Waals surface area contributed by atoms with E-state index in [9.17, 15) is 9.59 Å². The van der Waals surface area contributed by atoms with Crippen molar-refractivity contribution in [2.24, 2.45) is 0 Å². The molecule has 0 radical (unpaired) electrons. The average molecular weight is 229 g/mol. The third kappa shape index (κ3) is 2.77. The number of amides is 1. The summed E-state index contributed by atoms with van der Waals surface area (Å²) in [6.07, 6.45) is 0. The molecule has 6 heteroatoms. The van der Waals surface area contributed by atoms with Gasteiger partial charge in [0.05, 0.1) is 5.69 Å². The van der Waals surface area contributed by atoms with Crippen LogP contribution in [0.2, 0.25) is 0 Å². The molecule has 15 heavy (non-hydrogen) atoms. The normalized spacial score (nSPS) is 10.0. The van der Waals surface area contributed by atoms with Crippen molar-refractivity contribution in [3.05, 3.63) is 15.8 Å². The molecule has 1 aromatic heterocycles. The van der Waals surface area contributed by atoms with Crippen LogP contribution in [-0.2, 0) is 9.53 Å². The highest BCUT2D eigenvalue weighted by Crippen LogP contribution is 2.27. The van der Waals surface area contributed by atoms with Gasteiger partial charge in [0.2, 0.25) is 5.91 Å². The van der Waals surface area contributed by atoms with Crippen LogP contribution in [0.25, 0.3) is 0 Å². The van der Waals surface area contributed by atoms with Crippen LogP contribution in [0.15, 0.2) is 5.38 Å². The number of anilines is 1. The van der Waals surface area contributed by atoms with Crippen molar-refractivity contribution in [3.8, 4) is 0 Å². The van der Waals surface area contributed by atoms with Gasteiger partial charge in [0, 0.05) is 7.11 Å². The Morgan fingerprint density at radius 2 is 2.27 bits per heavy atom. The molecule has 2 N–H and O–H groups in total. The summed E-state index contributed by atoms with van der Waals surface area (Å²) in [6.45, 7) is 1.65. The number of ether oxygens (including phenoxy) is 1. The van der Waals surface area contributed by atoms with E-state index in [0.717, 1.165) is 16.9 Å². The first-order valence-corrected chi connectivity index (χ1v) is 5.04. The van der Waals surface area contributed by atoms with Crippen LogP contribution in [0.5, 0.6) is 0 Å². The highest BCUT2D eigenvalue weighted by atomic mass is 32.1. The van der Waals surface area contributed by atoms with Crippen molar-refractivity contribution in [1.82, 2.24) is 0 Å². The molecule has 0 aliphatic heterocycles. The summed E-state index contributed by atoms with van der Waals surface area (Å²) in [4.78, 5) is 22.2. The number of aromatic carboxylic acids is 1. The van der Waals surface area contributed by atoms with Gasteiger partial charge in [0.1, 0.15) is 11.5 Å². The molecule has 1 amide bonds. The smallest absolute Gasteiger partial charge is 0.348 e. The number of carbonyl (C=O) groups is 2. The zero-order valence-corrected chi connectivity index (χ0v) is 9.18. The Kier molecular flexibility index (Phi) is 3.81. The molecule has 0 atom stereocenters. The number of carbonyl (C=O) groups excluding carboxylic acids is 1. The van der Waals surface area contributed by atoms with Gasteiger partial charge >= 0.3 is 5.97 Å². The number of aryl methyl sites for hydroxylation is 1. The van der Waals surface area contributed by atoms with Crippen LogP contribution in [0.4, 0.5) is 5.69 Å². The second-order valence-electron chi connectivity index (χ2n) is 2.91. The third-order valence-corrected chi connectivity index (χ3v) is 2.79. The molecule has 0 spiro atoms. The van der Waals surface area contributed by atoms with E-state index < -0.39 is 5.97 Å². The van der Waals surface area contributed by atoms with Crippen molar-refractivity contribution in [1.29, 1.82) is 0 Å². The maximum absolute atomic E-state index is 11.2. The molecule has 0 fully saturated rings. The van der Waals surface area contributed by atoms with Crippen LogP contribution in [-0.4, -0.2) is 30.7 Å². The molecule has 0 saturated carbocycles. The Bertz CT molecular complexity index is 385. The fourth-order valence-corrected chi connectivity index (χ4v) is 1.91. The topological polar surface area (TPSA) is 75.6 Å². The number of hydrogen-bond donors (Lipinski definition) is 2. The number of carboxylic acid groups (broad SMARTS) is 1. The highest BCUT2D eigenvalue weighted by molar-refractivity contribution is 7.12. The van der Waals surface area contributed by atoms with Crippen molar-refractivity contribution in [2.75, 3.05) is 19.0 Å². The SMILES string of the molecule is COCC(=O)Nc1c(C)csc1C(=O)O. The number of nitrogens with one attached hydrogen (secondary N) is 1. The molecule has 0 saturated heterocycles. The van der Waals surface area contributed by atoms with E-state index >= 15 is 0 Å². The maximum atomic E-state index is 11.2. The van der Waals surface area contributed by atoms with Crippen molar-refractivity contribution in [2.45, 2.75) is 6.92 Å². The fraction of sp³-hybridized carbons (Fsp3) is 0.333. The molecular weight excluding hydrogens is 218 g/mol. The number of carboxylic acids is 1. The van der Waals surface area contributed by atoms with Crippen molar-refractivity contribution >= 4 is 28.9 Å². The Morgan fingerprint density at radius 1 is 1.60 bits per heavy atom. The summed E-state index contributed by atoms with van der Waals surface area (Å²) in [5, 5.41) is 13.0.